The quantitative estimate of drug-likeness (QED) is 0.633. The molecule has 2 aliphatic rings. The molecule has 24 heavy (non-hydrogen) atoms. The van der Waals surface area contributed by atoms with Crippen molar-refractivity contribution in [3.05, 3.63) is 53.7 Å². The van der Waals surface area contributed by atoms with E-state index in [4.69, 9.17) is 0 Å². The molecule has 126 valence electrons. The highest BCUT2D eigenvalue weighted by atomic mass is 14.7. The maximum Gasteiger partial charge on any atom is 0.210 e. The number of aromatic nitrogens is 1. The summed E-state index contributed by atoms with van der Waals surface area (Å²) in [4.78, 5) is 3.55. The predicted octanol–water partition coefficient (Wildman–Crippen LogP) is 6.26. The van der Waals surface area contributed by atoms with Crippen LogP contribution < -0.4 is 4.98 Å². The van der Waals surface area contributed by atoms with E-state index in [1.165, 1.54) is 86.6 Å². The van der Waals surface area contributed by atoms with Crippen molar-refractivity contribution in [2.24, 2.45) is 0 Å². The van der Waals surface area contributed by atoms with Crippen molar-refractivity contribution >= 4 is 0 Å². The summed E-state index contributed by atoms with van der Waals surface area (Å²) in [5.74, 6) is 1.57. The summed E-state index contributed by atoms with van der Waals surface area (Å²) < 4.78 is 0. The van der Waals surface area contributed by atoms with Crippen LogP contribution in [0.15, 0.2) is 42.6 Å². The van der Waals surface area contributed by atoms with Crippen LogP contribution in [-0.4, -0.2) is 0 Å². The molecule has 1 heterocycles. The van der Waals surface area contributed by atoms with Gasteiger partial charge in [-0.15, -0.1) is 0 Å². The van der Waals surface area contributed by atoms with E-state index in [1.54, 1.807) is 0 Å². The van der Waals surface area contributed by atoms with Gasteiger partial charge in [0, 0.05) is 17.2 Å². The Morgan fingerprint density at radius 3 is 1.67 bits per heavy atom. The van der Waals surface area contributed by atoms with Crippen LogP contribution in [0.4, 0.5) is 0 Å². The van der Waals surface area contributed by atoms with E-state index < -0.39 is 0 Å². The van der Waals surface area contributed by atoms with Crippen LogP contribution in [0.1, 0.15) is 87.2 Å². The minimum atomic E-state index is 0.776. The number of hydrogen-bond acceptors (Lipinski definition) is 0. The lowest BCUT2D eigenvalue weighted by atomic mass is 9.83. The van der Waals surface area contributed by atoms with Gasteiger partial charge in [-0.25, -0.2) is 4.98 Å². The topological polar surface area (TPSA) is 14.1 Å². The fourth-order valence-electron chi connectivity index (χ4n) is 4.68. The molecule has 1 N–H and O–H groups in total. The zero-order valence-corrected chi connectivity index (χ0v) is 14.8. The molecule has 2 saturated carbocycles. The van der Waals surface area contributed by atoms with Gasteiger partial charge < -0.3 is 0 Å². The third-order valence-corrected chi connectivity index (χ3v) is 6.21. The van der Waals surface area contributed by atoms with Crippen LogP contribution in [-0.2, 0) is 0 Å². The molecule has 1 aromatic heterocycles. The highest BCUT2D eigenvalue weighted by Crippen LogP contribution is 2.34. The fourth-order valence-corrected chi connectivity index (χ4v) is 4.68. The zero-order chi connectivity index (χ0) is 16.2. The van der Waals surface area contributed by atoms with Gasteiger partial charge in [0.2, 0.25) is 5.69 Å². The van der Waals surface area contributed by atoms with E-state index in [-0.39, 0.29) is 0 Å². The molecule has 0 amide bonds. The molecule has 4 rings (SSSR count). The number of benzene rings is 1. The summed E-state index contributed by atoms with van der Waals surface area (Å²) in [7, 11) is 0. The number of aromatic amines is 1. The first kappa shape index (κ1) is 15.9. The van der Waals surface area contributed by atoms with Gasteiger partial charge in [-0.1, -0.05) is 50.7 Å². The molecule has 0 atom stereocenters. The highest BCUT2D eigenvalue weighted by molar-refractivity contribution is 5.56. The maximum absolute atomic E-state index is 3.55. The molecule has 2 fully saturated rings. The summed E-state index contributed by atoms with van der Waals surface area (Å²) in [6.07, 6.45) is 16.2. The molecular weight excluding hydrogens is 290 g/mol. The molecule has 1 aromatic carbocycles. The Kier molecular flexibility index (Phi) is 4.96. The fraction of sp³-hybridized carbons (Fsp3) is 0.522. The first-order valence-corrected chi connectivity index (χ1v) is 10.0. The summed E-state index contributed by atoms with van der Waals surface area (Å²) in [5.41, 5.74) is 5.59. The van der Waals surface area contributed by atoms with Crippen molar-refractivity contribution < 1.29 is 4.98 Å². The van der Waals surface area contributed by atoms with Gasteiger partial charge in [0.05, 0.1) is 0 Å². The molecule has 0 radical (unpaired) electrons. The zero-order valence-electron chi connectivity index (χ0n) is 14.8. The predicted molar refractivity (Wildman–Crippen MR) is 100 cm³/mol. The van der Waals surface area contributed by atoms with E-state index in [9.17, 15) is 0 Å². The number of pyridine rings is 1. The van der Waals surface area contributed by atoms with Gasteiger partial charge >= 0.3 is 0 Å². The lowest BCUT2D eigenvalue weighted by Crippen LogP contribution is -2.12. The first-order chi connectivity index (χ1) is 11.9. The third-order valence-electron chi connectivity index (χ3n) is 6.21. The summed E-state index contributed by atoms with van der Waals surface area (Å²) in [6, 6.07) is 13.9. The standard InChI is InChI=1S/C23H29N/c1-3-7-18(8-4-1)20-11-13-21(14-12-20)23-16-15-22(17-24-23)19-9-5-2-6-10-19/h11-19H,1-10H2/p+1. The Hall–Kier alpha value is -1.63. The number of rotatable bonds is 3. The third kappa shape index (κ3) is 3.55. The normalized spacial score (nSPS) is 20.2. The van der Waals surface area contributed by atoms with Crippen molar-refractivity contribution in [2.75, 3.05) is 0 Å². The smallest absolute Gasteiger partial charge is 0.210 e. The second kappa shape index (κ2) is 7.51. The molecule has 1 heteroatoms. The summed E-state index contributed by atoms with van der Waals surface area (Å²) in [6.45, 7) is 0. The van der Waals surface area contributed by atoms with Crippen LogP contribution in [0.3, 0.4) is 0 Å². The van der Waals surface area contributed by atoms with Gasteiger partial charge in [0.25, 0.3) is 0 Å². The number of nitrogens with one attached hydrogen (secondary N) is 1. The van der Waals surface area contributed by atoms with Gasteiger partial charge in [-0.2, -0.15) is 0 Å². The van der Waals surface area contributed by atoms with E-state index in [0.29, 0.717) is 0 Å². The van der Waals surface area contributed by atoms with Crippen molar-refractivity contribution in [1.29, 1.82) is 0 Å². The number of hydrogen-bond donors (Lipinski definition) is 0. The van der Waals surface area contributed by atoms with Crippen LogP contribution >= 0.6 is 0 Å². The van der Waals surface area contributed by atoms with Crippen LogP contribution in [0.5, 0.6) is 0 Å². The van der Waals surface area contributed by atoms with Gasteiger partial charge in [-0.3, -0.25) is 0 Å². The summed E-state index contributed by atoms with van der Waals surface area (Å²) >= 11 is 0. The Morgan fingerprint density at radius 1 is 0.583 bits per heavy atom. The molecular formula is C23H30N+. The Balaban J connectivity index is 1.47. The van der Waals surface area contributed by atoms with E-state index >= 15 is 0 Å². The highest BCUT2D eigenvalue weighted by Gasteiger charge is 2.18. The van der Waals surface area contributed by atoms with Crippen LogP contribution in [0, 0.1) is 0 Å². The molecule has 0 spiro atoms. The molecule has 0 bridgehead atoms. The molecule has 0 aliphatic heterocycles. The molecule has 0 unspecified atom stereocenters. The van der Waals surface area contributed by atoms with Gasteiger partial charge in [0.15, 0.2) is 6.20 Å². The van der Waals surface area contributed by atoms with Crippen molar-refractivity contribution in [3.8, 4) is 11.3 Å². The van der Waals surface area contributed by atoms with Crippen molar-refractivity contribution in [3.63, 3.8) is 0 Å². The molecule has 0 saturated heterocycles. The monoisotopic (exact) mass is 320 g/mol. The molecule has 1 nitrogen and oxygen atoms in total. The Bertz CT molecular complexity index is 569. The minimum absolute atomic E-state index is 0.776. The molecule has 2 aromatic rings. The van der Waals surface area contributed by atoms with E-state index in [0.717, 1.165) is 11.8 Å². The average molecular weight is 321 g/mol. The first-order valence-electron chi connectivity index (χ1n) is 10.0. The second-order valence-corrected chi connectivity index (χ2v) is 7.83. The van der Waals surface area contributed by atoms with Crippen molar-refractivity contribution in [2.45, 2.75) is 76.0 Å². The lowest BCUT2D eigenvalue weighted by Gasteiger charge is -2.22. The largest absolute Gasteiger partial charge is 0.211 e. The SMILES string of the molecule is c1cc(C2CCCCC2)ccc1-c1ccc(C2CCCCC2)c[nH+]1. The summed E-state index contributed by atoms with van der Waals surface area (Å²) in [5, 5.41) is 0. The Morgan fingerprint density at radius 2 is 1.12 bits per heavy atom. The van der Waals surface area contributed by atoms with Crippen LogP contribution in [0.25, 0.3) is 11.3 Å². The van der Waals surface area contributed by atoms with Gasteiger partial charge in [0.1, 0.15) is 0 Å². The van der Waals surface area contributed by atoms with Crippen LogP contribution in [0.2, 0.25) is 0 Å². The van der Waals surface area contributed by atoms with Crippen molar-refractivity contribution in [1.82, 2.24) is 0 Å². The molecule has 2 aliphatic carbocycles. The Labute approximate surface area is 146 Å². The van der Waals surface area contributed by atoms with Gasteiger partial charge in [-0.05, 0) is 61.3 Å². The lowest BCUT2D eigenvalue weighted by molar-refractivity contribution is -0.365. The second-order valence-electron chi connectivity index (χ2n) is 7.83. The van der Waals surface area contributed by atoms with E-state index in [2.05, 4.69) is 47.6 Å². The minimum Gasteiger partial charge on any atom is -0.211 e. The average Bonchev–Trinajstić information content (AvgIpc) is 2.70. The maximum atomic E-state index is 3.55. The van der Waals surface area contributed by atoms with E-state index in [1.807, 2.05) is 0 Å². The number of H-pyrrole nitrogens is 1.